The first-order valence-corrected chi connectivity index (χ1v) is 6.64. The molecular formula is C16H16N2O4. The smallest absolute Gasteiger partial charge is 0.340 e. The van der Waals surface area contributed by atoms with Gasteiger partial charge in [-0.15, -0.1) is 0 Å². The second kappa shape index (κ2) is 6.26. The molecule has 0 unspecified atom stereocenters. The van der Waals surface area contributed by atoms with E-state index in [1.807, 2.05) is 6.07 Å². The summed E-state index contributed by atoms with van der Waals surface area (Å²) in [4.78, 5) is 38.2. The molecule has 1 aromatic heterocycles. The number of esters is 1. The van der Waals surface area contributed by atoms with Crippen molar-refractivity contribution in [1.29, 1.82) is 0 Å². The SMILES string of the molecule is COC(=O)c1c(-c2ccccc2)[nH]c(=O)c(NC(C)=O)c1C. The Kier molecular flexibility index (Phi) is 4.41. The molecule has 0 saturated carbocycles. The van der Waals surface area contributed by atoms with Crippen LogP contribution < -0.4 is 10.9 Å². The van der Waals surface area contributed by atoms with Crippen LogP contribution in [0.2, 0.25) is 0 Å². The van der Waals surface area contributed by atoms with E-state index in [0.29, 0.717) is 16.8 Å². The van der Waals surface area contributed by atoms with Gasteiger partial charge in [0, 0.05) is 6.92 Å². The highest BCUT2D eigenvalue weighted by Gasteiger charge is 2.22. The second-order valence-corrected chi connectivity index (χ2v) is 4.74. The molecule has 0 aliphatic carbocycles. The van der Waals surface area contributed by atoms with E-state index in [1.54, 1.807) is 31.2 Å². The lowest BCUT2D eigenvalue weighted by molar-refractivity contribution is -0.114. The Labute approximate surface area is 127 Å². The van der Waals surface area contributed by atoms with E-state index in [4.69, 9.17) is 4.74 Å². The fourth-order valence-electron chi connectivity index (χ4n) is 2.23. The van der Waals surface area contributed by atoms with Crippen LogP contribution in [0, 0.1) is 6.92 Å². The molecule has 2 N–H and O–H groups in total. The van der Waals surface area contributed by atoms with Crippen LogP contribution >= 0.6 is 0 Å². The fourth-order valence-corrected chi connectivity index (χ4v) is 2.23. The van der Waals surface area contributed by atoms with Crippen molar-refractivity contribution < 1.29 is 14.3 Å². The molecule has 0 fully saturated rings. The van der Waals surface area contributed by atoms with Crippen molar-refractivity contribution in [2.24, 2.45) is 0 Å². The zero-order valence-electron chi connectivity index (χ0n) is 12.5. The third kappa shape index (κ3) is 2.90. The topological polar surface area (TPSA) is 88.3 Å². The van der Waals surface area contributed by atoms with E-state index < -0.39 is 17.4 Å². The molecule has 0 aliphatic heterocycles. The number of H-pyrrole nitrogens is 1. The number of aromatic amines is 1. The van der Waals surface area contributed by atoms with Crippen molar-refractivity contribution >= 4 is 17.6 Å². The standard InChI is InChI=1S/C16H16N2O4/c1-9-12(16(21)22-3)14(11-7-5-4-6-8-11)18-15(20)13(9)17-10(2)19/h4-8H,1-3H3,(H,17,19)(H,18,20). The van der Waals surface area contributed by atoms with Gasteiger partial charge in [0.25, 0.3) is 5.56 Å². The summed E-state index contributed by atoms with van der Waals surface area (Å²) in [6, 6.07) is 8.97. The van der Waals surface area contributed by atoms with E-state index in [0.717, 1.165) is 0 Å². The lowest BCUT2D eigenvalue weighted by atomic mass is 10.0. The van der Waals surface area contributed by atoms with Gasteiger partial charge in [-0.3, -0.25) is 9.59 Å². The summed E-state index contributed by atoms with van der Waals surface area (Å²) < 4.78 is 4.81. The molecule has 1 amide bonds. The number of benzene rings is 1. The molecule has 0 saturated heterocycles. The predicted octanol–water partition coefficient (Wildman–Crippen LogP) is 2.10. The van der Waals surface area contributed by atoms with Gasteiger partial charge in [0.1, 0.15) is 5.69 Å². The Morgan fingerprint density at radius 3 is 2.36 bits per heavy atom. The first kappa shape index (κ1) is 15.5. The number of methoxy groups -OCH3 is 1. The maximum Gasteiger partial charge on any atom is 0.340 e. The Hall–Kier alpha value is -2.89. The number of hydrogen-bond donors (Lipinski definition) is 2. The van der Waals surface area contributed by atoms with Gasteiger partial charge in [-0.1, -0.05) is 30.3 Å². The van der Waals surface area contributed by atoms with E-state index in [9.17, 15) is 14.4 Å². The number of rotatable bonds is 3. The monoisotopic (exact) mass is 300 g/mol. The number of pyridine rings is 1. The number of amides is 1. The molecule has 114 valence electrons. The molecule has 2 rings (SSSR count). The lowest BCUT2D eigenvalue weighted by Gasteiger charge is -2.14. The maximum absolute atomic E-state index is 12.2. The molecule has 0 bridgehead atoms. The Balaban J connectivity index is 2.77. The summed E-state index contributed by atoms with van der Waals surface area (Å²) in [5.41, 5.74) is 1.20. The van der Waals surface area contributed by atoms with Crippen molar-refractivity contribution in [3.05, 3.63) is 51.8 Å². The molecule has 0 aliphatic rings. The third-order valence-electron chi connectivity index (χ3n) is 3.22. The maximum atomic E-state index is 12.2. The normalized spacial score (nSPS) is 10.1. The molecule has 1 heterocycles. The van der Waals surface area contributed by atoms with Gasteiger partial charge in [0.05, 0.1) is 18.4 Å². The van der Waals surface area contributed by atoms with Gasteiger partial charge in [-0.25, -0.2) is 4.79 Å². The lowest BCUT2D eigenvalue weighted by Crippen LogP contribution is -2.23. The minimum absolute atomic E-state index is 0.0487. The molecule has 6 heteroatoms. The van der Waals surface area contributed by atoms with Gasteiger partial charge >= 0.3 is 5.97 Å². The summed E-state index contributed by atoms with van der Waals surface area (Å²) in [7, 11) is 1.26. The van der Waals surface area contributed by atoms with Crippen LogP contribution in [0.4, 0.5) is 5.69 Å². The fraction of sp³-hybridized carbons (Fsp3) is 0.188. The highest BCUT2D eigenvalue weighted by atomic mass is 16.5. The first-order valence-electron chi connectivity index (χ1n) is 6.64. The van der Waals surface area contributed by atoms with E-state index >= 15 is 0 Å². The number of carbonyl (C=O) groups excluding carboxylic acids is 2. The minimum atomic E-state index is -0.584. The number of ether oxygens (including phenoxy) is 1. The van der Waals surface area contributed by atoms with Crippen LogP contribution in [0.25, 0.3) is 11.3 Å². The molecule has 0 radical (unpaired) electrons. The van der Waals surface area contributed by atoms with Gasteiger partial charge < -0.3 is 15.0 Å². The second-order valence-electron chi connectivity index (χ2n) is 4.74. The van der Waals surface area contributed by atoms with Crippen molar-refractivity contribution in [3.8, 4) is 11.3 Å². The Morgan fingerprint density at radius 1 is 1.18 bits per heavy atom. The third-order valence-corrected chi connectivity index (χ3v) is 3.22. The zero-order valence-corrected chi connectivity index (χ0v) is 12.5. The summed E-state index contributed by atoms with van der Waals surface area (Å²) in [6.45, 7) is 2.89. The summed E-state index contributed by atoms with van der Waals surface area (Å²) in [5.74, 6) is -0.976. The zero-order chi connectivity index (χ0) is 16.3. The van der Waals surface area contributed by atoms with E-state index in [2.05, 4.69) is 10.3 Å². The van der Waals surface area contributed by atoms with Crippen LogP contribution in [0.1, 0.15) is 22.8 Å². The average molecular weight is 300 g/mol. The largest absolute Gasteiger partial charge is 0.465 e. The number of aromatic nitrogens is 1. The highest BCUT2D eigenvalue weighted by molar-refractivity contribution is 6.00. The predicted molar refractivity (Wildman–Crippen MR) is 82.9 cm³/mol. The van der Waals surface area contributed by atoms with Crippen LogP contribution in [-0.4, -0.2) is 24.0 Å². The first-order chi connectivity index (χ1) is 10.5. The van der Waals surface area contributed by atoms with Crippen molar-refractivity contribution in [2.45, 2.75) is 13.8 Å². The number of nitrogens with one attached hydrogen (secondary N) is 2. The Morgan fingerprint density at radius 2 is 1.82 bits per heavy atom. The highest BCUT2D eigenvalue weighted by Crippen LogP contribution is 2.26. The van der Waals surface area contributed by atoms with Crippen molar-refractivity contribution in [1.82, 2.24) is 4.98 Å². The average Bonchev–Trinajstić information content (AvgIpc) is 2.51. The molecule has 6 nitrogen and oxygen atoms in total. The van der Waals surface area contributed by atoms with Crippen molar-refractivity contribution in [3.63, 3.8) is 0 Å². The molecule has 2 aromatic rings. The van der Waals surface area contributed by atoms with Gasteiger partial charge in [0.2, 0.25) is 5.91 Å². The minimum Gasteiger partial charge on any atom is -0.465 e. The van der Waals surface area contributed by atoms with Crippen LogP contribution in [0.15, 0.2) is 35.1 Å². The number of carbonyl (C=O) groups is 2. The van der Waals surface area contributed by atoms with Gasteiger partial charge in [-0.05, 0) is 18.1 Å². The molecular weight excluding hydrogens is 284 g/mol. The van der Waals surface area contributed by atoms with Crippen LogP contribution in [0.5, 0.6) is 0 Å². The molecule has 0 atom stereocenters. The molecule has 1 aromatic carbocycles. The molecule has 0 spiro atoms. The molecule has 22 heavy (non-hydrogen) atoms. The van der Waals surface area contributed by atoms with E-state index in [-0.39, 0.29) is 11.3 Å². The van der Waals surface area contributed by atoms with Crippen LogP contribution in [0.3, 0.4) is 0 Å². The van der Waals surface area contributed by atoms with Crippen LogP contribution in [-0.2, 0) is 9.53 Å². The summed E-state index contributed by atoms with van der Waals surface area (Å²) in [6.07, 6.45) is 0. The summed E-state index contributed by atoms with van der Waals surface area (Å²) >= 11 is 0. The quantitative estimate of drug-likeness (QED) is 0.850. The van der Waals surface area contributed by atoms with E-state index in [1.165, 1.54) is 14.0 Å². The number of hydrogen-bond acceptors (Lipinski definition) is 4. The van der Waals surface area contributed by atoms with Gasteiger partial charge in [-0.2, -0.15) is 0 Å². The van der Waals surface area contributed by atoms with Gasteiger partial charge in [0.15, 0.2) is 0 Å². The summed E-state index contributed by atoms with van der Waals surface area (Å²) in [5, 5.41) is 2.45. The number of anilines is 1. The van der Waals surface area contributed by atoms with Crippen molar-refractivity contribution in [2.75, 3.05) is 12.4 Å². The Bertz CT molecular complexity index is 779.